The average molecular weight is 257 g/mol. The maximum atomic E-state index is 13.0. The summed E-state index contributed by atoms with van der Waals surface area (Å²) in [6, 6.07) is 1.50. The molecule has 98 valence electrons. The van der Waals surface area contributed by atoms with Gasteiger partial charge in [-0.25, -0.2) is 13.2 Å². The molecule has 0 bridgehead atoms. The molecule has 2 nitrogen and oxygen atoms in total. The van der Waals surface area contributed by atoms with Crippen LogP contribution in [-0.4, -0.2) is 23.9 Å². The van der Waals surface area contributed by atoms with Gasteiger partial charge in [0.2, 0.25) is 0 Å². The summed E-state index contributed by atoms with van der Waals surface area (Å²) in [5, 5.41) is 0. The molecule has 0 aliphatic carbocycles. The Morgan fingerprint density at radius 2 is 1.67 bits per heavy atom. The molecule has 1 saturated heterocycles. The van der Waals surface area contributed by atoms with Gasteiger partial charge in [0.05, 0.1) is 0 Å². The second-order valence-corrected chi connectivity index (χ2v) is 4.73. The van der Waals surface area contributed by atoms with Crippen molar-refractivity contribution in [1.29, 1.82) is 0 Å². The van der Waals surface area contributed by atoms with E-state index in [4.69, 9.17) is 0 Å². The maximum Gasteiger partial charge on any atom is 0.254 e. The van der Waals surface area contributed by atoms with E-state index in [2.05, 4.69) is 6.92 Å². The molecule has 0 saturated carbocycles. The molecule has 1 amide bonds. The Morgan fingerprint density at radius 3 is 2.17 bits per heavy atom. The molecule has 1 aliphatic heterocycles. The topological polar surface area (TPSA) is 20.3 Å². The molecule has 1 aromatic carbocycles. The Kier molecular flexibility index (Phi) is 3.59. The number of rotatable bonds is 1. The van der Waals surface area contributed by atoms with Crippen LogP contribution in [0.1, 0.15) is 30.1 Å². The highest BCUT2D eigenvalue weighted by atomic mass is 19.2. The van der Waals surface area contributed by atoms with Crippen LogP contribution in [0.5, 0.6) is 0 Å². The molecule has 18 heavy (non-hydrogen) atoms. The minimum absolute atomic E-state index is 0.138. The zero-order valence-electron chi connectivity index (χ0n) is 10.0. The lowest BCUT2D eigenvalue weighted by Crippen LogP contribution is -2.38. The first-order chi connectivity index (χ1) is 8.49. The van der Waals surface area contributed by atoms with Gasteiger partial charge in [-0.15, -0.1) is 0 Å². The Hall–Kier alpha value is -1.52. The van der Waals surface area contributed by atoms with E-state index in [-0.39, 0.29) is 5.56 Å². The smallest absolute Gasteiger partial charge is 0.254 e. The molecule has 5 heteroatoms. The normalized spacial score (nSPS) is 17.0. The van der Waals surface area contributed by atoms with E-state index in [0.717, 1.165) is 25.0 Å². The largest absolute Gasteiger partial charge is 0.339 e. The van der Waals surface area contributed by atoms with Crippen LogP contribution in [0.2, 0.25) is 0 Å². The zero-order chi connectivity index (χ0) is 13.3. The van der Waals surface area contributed by atoms with Gasteiger partial charge in [-0.1, -0.05) is 6.92 Å². The molecule has 0 unspecified atom stereocenters. The van der Waals surface area contributed by atoms with Crippen molar-refractivity contribution < 1.29 is 18.0 Å². The van der Waals surface area contributed by atoms with Gasteiger partial charge in [0.1, 0.15) is 0 Å². The fourth-order valence-electron chi connectivity index (χ4n) is 2.07. The van der Waals surface area contributed by atoms with E-state index in [1.807, 2.05) is 0 Å². The van der Waals surface area contributed by atoms with Gasteiger partial charge in [0, 0.05) is 18.7 Å². The number of hydrogen-bond acceptors (Lipinski definition) is 1. The summed E-state index contributed by atoms with van der Waals surface area (Å²) in [5.74, 6) is -4.10. The molecule has 0 spiro atoms. The number of hydrogen-bond donors (Lipinski definition) is 0. The van der Waals surface area contributed by atoms with Gasteiger partial charge < -0.3 is 4.90 Å². The molecule has 0 radical (unpaired) electrons. The molecule has 1 fully saturated rings. The van der Waals surface area contributed by atoms with Crippen molar-refractivity contribution in [2.45, 2.75) is 19.8 Å². The first-order valence-corrected chi connectivity index (χ1v) is 5.93. The van der Waals surface area contributed by atoms with Crippen LogP contribution in [0.25, 0.3) is 0 Å². The Morgan fingerprint density at radius 1 is 1.17 bits per heavy atom. The van der Waals surface area contributed by atoms with E-state index in [1.165, 1.54) is 0 Å². The quantitative estimate of drug-likeness (QED) is 0.708. The number of nitrogens with zero attached hydrogens (tertiary/aromatic N) is 1. The van der Waals surface area contributed by atoms with Crippen LogP contribution >= 0.6 is 0 Å². The van der Waals surface area contributed by atoms with E-state index in [9.17, 15) is 18.0 Å². The Bertz CT molecular complexity index is 444. The van der Waals surface area contributed by atoms with Gasteiger partial charge in [-0.05, 0) is 30.9 Å². The van der Waals surface area contributed by atoms with Crippen molar-refractivity contribution in [2.24, 2.45) is 5.92 Å². The summed E-state index contributed by atoms with van der Waals surface area (Å²) in [5.41, 5.74) is -0.138. The highest BCUT2D eigenvalue weighted by molar-refractivity contribution is 5.94. The van der Waals surface area contributed by atoms with E-state index < -0.39 is 23.4 Å². The third-order valence-electron chi connectivity index (χ3n) is 3.30. The van der Waals surface area contributed by atoms with Gasteiger partial charge >= 0.3 is 0 Å². The molecule has 0 atom stereocenters. The predicted molar refractivity (Wildman–Crippen MR) is 60.6 cm³/mol. The molecule has 1 aromatic rings. The maximum absolute atomic E-state index is 13.0. The minimum Gasteiger partial charge on any atom is -0.339 e. The Labute approximate surface area is 103 Å². The molecule has 1 heterocycles. The number of amides is 1. The highest BCUT2D eigenvalue weighted by Gasteiger charge is 2.23. The number of halogens is 3. The van der Waals surface area contributed by atoms with Gasteiger partial charge in [-0.2, -0.15) is 0 Å². The number of likely N-dealkylation sites (tertiary alicyclic amines) is 1. The fourth-order valence-corrected chi connectivity index (χ4v) is 2.07. The van der Waals surface area contributed by atoms with Gasteiger partial charge in [0.15, 0.2) is 17.5 Å². The van der Waals surface area contributed by atoms with Crippen LogP contribution in [-0.2, 0) is 0 Å². The summed E-state index contributed by atoms with van der Waals surface area (Å²) >= 11 is 0. The average Bonchev–Trinajstić information content (AvgIpc) is 2.35. The lowest BCUT2D eigenvalue weighted by molar-refractivity contribution is 0.0696. The standard InChI is InChI=1S/C13H14F3NO/c1-8-2-4-17(5-3-8)13(18)9-6-10(14)12(16)11(15)7-9/h6-8H,2-5H2,1H3. The molecular weight excluding hydrogens is 243 g/mol. The van der Waals surface area contributed by atoms with Crippen LogP contribution in [0.15, 0.2) is 12.1 Å². The van der Waals surface area contributed by atoms with Crippen molar-refractivity contribution >= 4 is 5.91 Å². The third kappa shape index (κ3) is 2.49. The number of carbonyl (C=O) groups is 1. The lowest BCUT2D eigenvalue weighted by Gasteiger charge is -2.30. The fraction of sp³-hybridized carbons (Fsp3) is 0.462. The van der Waals surface area contributed by atoms with Crippen molar-refractivity contribution in [3.63, 3.8) is 0 Å². The number of benzene rings is 1. The third-order valence-corrected chi connectivity index (χ3v) is 3.30. The van der Waals surface area contributed by atoms with Crippen molar-refractivity contribution in [3.05, 3.63) is 35.1 Å². The molecule has 1 aliphatic rings. The monoisotopic (exact) mass is 257 g/mol. The SMILES string of the molecule is CC1CCN(C(=O)c2cc(F)c(F)c(F)c2)CC1. The lowest BCUT2D eigenvalue weighted by atomic mass is 9.98. The first kappa shape index (κ1) is 12.9. The Balaban J connectivity index is 2.19. The summed E-state index contributed by atoms with van der Waals surface area (Å²) in [7, 11) is 0. The second-order valence-electron chi connectivity index (χ2n) is 4.73. The van der Waals surface area contributed by atoms with Gasteiger partial charge in [0.25, 0.3) is 5.91 Å². The molecule has 2 rings (SSSR count). The first-order valence-electron chi connectivity index (χ1n) is 5.93. The number of carbonyl (C=O) groups excluding carboxylic acids is 1. The van der Waals surface area contributed by atoms with Crippen LogP contribution in [0.4, 0.5) is 13.2 Å². The van der Waals surface area contributed by atoms with Crippen molar-refractivity contribution in [1.82, 2.24) is 4.90 Å². The van der Waals surface area contributed by atoms with Crippen LogP contribution in [0.3, 0.4) is 0 Å². The van der Waals surface area contributed by atoms with Crippen molar-refractivity contribution in [3.8, 4) is 0 Å². The summed E-state index contributed by atoms with van der Waals surface area (Å²) in [6.45, 7) is 3.24. The summed E-state index contributed by atoms with van der Waals surface area (Å²) in [6.07, 6.45) is 1.75. The predicted octanol–water partition coefficient (Wildman–Crippen LogP) is 2.98. The van der Waals surface area contributed by atoms with E-state index >= 15 is 0 Å². The number of piperidine rings is 1. The minimum atomic E-state index is -1.54. The highest BCUT2D eigenvalue weighted by Crippen LogP contribution is 2.20. The molecule has 0 aromatic heterocycles. The second kappa shape index (κ2) is 5.00. The van der Waals surface area contributed by atoms with Crippen LogP contribution < -0.4 is 0 Å². The van der Waals surface area contributed by atoms with Crippen LogP contribution in [0, 0.1) is 23.4 Å². The van der Waals surface area contributed by atoms with Crippen molar-refractivity contribution in [2.75, 3.05) is 13.1 Å². The molecule has 0 N–H and O–H groups in total. The van der Waals surface area contributed by atoms with E-state index in [1.54, 1.807) is 4.90 Å². The zero-order valence-corrected chi connectivity index (χ0v) is 10.0. The van der Waals surface area contributed by atoms with Gasteiger partial charge in [-0.3, -0.25) is 4.79 Å². The summed E-state index contributed by atoms with van der Waals surface area (Å²) < 4.78 is 38.9. The summed E-state index contributed by atoms with van der Waals surface area (Å²) in [4.78, 5) is 13.5. The van der Waals surface area contributed by atoms with E-state index in [0.29, 0.717) is 19.0 Å². The molecular formula is C13H14F3NO.